The van der Waals surface area contributed by atoms with Gasteiger partial charge >= 0.3 is 0 Å². The molecule has 0 saturated heterocycles. The van der Waals surface area contributed by atoms with Crippen LogP contribution in [0.1, 0.15) is 16.7 Å². The number of carbonyl (C=O) groups is 2. The molecule has 1 heterocycles. The summed E-state index contributed by atoms with van der Waals surface area (Å²) in [7, 11) is 1.91. The summed E-state index contributed by atoms with van der Waals surface area (Å²) in [4.78, 5) is 28.1. The largest absolute Gasteiger partial charge is 0.477 e. The molecule has 3 rings (SSSR count). The first-order valence-corrected chi connectivity index (χ1v) is 8.95. The van der Waals surface area contributed by atoms with Gasteiger partial charge in [0.1, 0.15) is 5.75 Å². The number of carbonyl (C=O) groups excluding carboxylic acids is 2. The molecule has 2 N–H and O–H groups in total. The monoisotopic (exact) mass is 367 g/mol. The van der Waals surface area contributed by atoms with Crippen molar-refractivity contribution in [2.75, 3.05) is 25.0 Å². The Hall–Kier alpha value is -2.86. The van der Waals surface area contributed by atoms with E-state index in [1.54, 1.807) is 17.0 Å². The van der Waals surface area contributed by atoms with Gasteiger partial charge in [-0.25, -0.2) is 0 Å². The molecule has 0 aromatic heterocycles. The van der Waals surface area contributed by atoms with Crippen LogP contribution in [0, 0.1) is 13.8 Å². The predicted molar refractivity (Wildman–Crippen MR) is 105 cm³/mol. The molecule has 6 nitrogen and oxygen atoms in total. The standard InChI is InChI=1S/C21H25N3O3/c1-14-8-9-16(15(2)10-14)11-23(3)13-20(25)24-12-19(21(22)26)27-18-7-5-4-6-17(18)24/h4-10,19H,11-13H2,1-3H3,(H2,22,26)/t19-/m1/s1. The molecule has 27 heavy (non-hydrogen) atoms. The highest BCUT2D eigenvalue weighted by atomic mass is 16.5. The number of primary amides is 1. The summed E-state index contributed by atoms with van der Waals surface area (Å²) in [6, 6.07) is 13.5. The van der Waals surface area contributed by atoms with Gasteiger partial charge < -0.3 is 15.4 Å². The summed E-state index contributed by atoms with van der Waals surface area (Å²) in [5.41, 5.74) is 9.69. The Labute approximate surface area is 159 Å². The third kappa shape index (κ3) is 4.28. The van der Waals surface area contributed by atoms with Gasteiger partial charge in [-0.15, -0.1) is 0 Å². The number of hydrogen-bond donors (Lipinski definition) is 1. The van der Waals surface area contributed by atoms with Gasteiger partial charge in [0, 0.05) is 6.54 Å². The third-order valence-electron chi connectivity index (χ3n) is 4.74. The number of nitrogens with two attached hydrogens (primary N) is 1. The van der Waals surface area contributed by atoms with Crippen LogP contribution in [-0.2, 0) is 16.1 Å². The molecule has 0 unspecified atom stereocenters. The van der Waals surface area contributed by atoms with Crippen molar-refractivity contribution in [1.29, 1.82) is 0 Å². The molecule has 1 aliphatic heterocycles. The van der Waals surface area contributed by atoms with Crippen molar-refractivity contribution in [2.24, 2.45) is 5.73 Å². The van der Waals surface area contributed by atoms with E-state index in [9.17, 15) is 9.59 Å². The molecule has 0 bridgehead atoms. The molecule has 2 amide bonds. The highest BCUT2D eigenvalue weighted by Gasteiger charge is 2.32. The van der Waals surface area contributed by atoms with Crippen molar-refractivity contribution in [1.82, 2.24) is 4.90 Å². The average molecular weight is 367 g/mol. The molecule has 142 valence electrons. The zero-order valence-corrected chi connectivity index (χ0v) is 15.9. The maximum absolute atomic E-state index is 12.9. The Bertz CT molecular complexity index is 866. The minimum absolute atomic E-state index is 0.0933. The molecular weight excluding hydrogens is 342 g/mol. The fourth-order valence-electron chi connectivity index (χ4n) is 3.30. The van der Waals surface area contributed by atoms with Crippen LogP contribution in [-0.4, -0.2) is 43.0 Å². The Morgan fingerprint density at radius 2 is 1.96 bits per heavy atom. The maximum atomic E-state index is 12.9. The zero-order chi connectivity index (χ0) is 19.6. The molecule has 0 fully saturated rings. The Morgan fingerprint density at radius 3 is 2.67 bits per heavy atom. The molecule has 0 saturated carbocycles. The third-order valence-corrected chi connectivity index (χ3v) is 4.74. The number of anilines is 1. The summed E-state index contributed by atoms with van der Waals surface area (Å²) >= 11 is 0. The van der Waals surface area contributed by atoms with Gasteiger partial charge in [-0.3, -0.25) is 14.5 Å². The van der Waals surface area contributed by atoms with Gasteiger partial charge in [-0.2, -0.15) is 0 Å². The molecule has 0 spiro atoms. The van der Waals surface area contributed by atoms with Crippen molar-refractivity contribution in [2.45, 2.75) is 26.5 Å². The number of ether oxygens (including phenoxy) is 1. The first-order chi connectivity index (χ1) is 12.8. The number of aryl methyl sites for hydroxylation is 2. The van der Waals surface area contributed by atoms with Crippen molar-refractivity contribution in [3.8, 4) is 5.75 Å². The van der Waals surface area contributed by atoms with E-state index in [1.165, 1.54) is 16.7 Å². The van der Waals surface area contributed by atoms with Gasteiger partial charge in [0.15, 0.2) is 6.10 Å². The lowest BCUT2D eigenvalue weighted by molar-refractivity contribution is -0.125. The normalized spacial score (nSPS) is 16.0. The highest BCUT2D eigenvalue weighted by molar-refractivity contribution is 5.98. The summed E-state index contributed by atoms with van der Waals surface area (Å²) in [6.07, 6.45) is -0.839. The lowest BCUT2D eigenvalue weighted by Crippen LogP contribution is -2.51. The van der Waals surface area contributed by atoms with Crippen LogP contribution in [0.4, 0.5) is 5.69 Å². The number of para-hydroxylation sites is 2. The molecule has 2 aromatic carbocycles. The van der Waals surface area contributed by atoms with Crippen molar-refractivity contribution >= 4 is 17.5 Å². The number of benzene rings is 2. The first-order valence-electron chi connectivity index (χ1n) is 8.95. The first kappa shape index (κ1) is 18.9. The van der Waals surface area contributed by atoms with E-state index in [0.717, 1.165) is 0 Å². The minimum Gasteiger partial charge on any atom is -0.477 e. The molecule has 2 aromatic rings. The van der Waals surface area contributed by atoms with Gasteiger partial charge in [0.05, 0.1) is 18.8 Å². The minimum atomic E-state index is -0.839. The van der Waals surface area contributed by atoms with E-state index >= 15 is 0 Å². The fourth-order valence-corrected chi connectivity index (χ4v) is 3.30. The average Bonchev–Trinajstić information content (AvgIpc) is 2.63. The highest BCUT2D eigenvalue weighted by Crippen LogP contribution is 2.33. The SMILES string of the molecule is Cc1ccc(CN(C)CC(=O)N2C[C@H](C(N)=O)Oc3ccccc32)c(C)c1. The molecule has 1 atom stereocenters. The number of amides is 2. The smallest absolute Gasteiger partial charge is 0.260 e. The fraction of sp³-hybridized carbons (Fsp3) is 0.333. The summed E-state index contributed by atoms with van der Waals surface area (Å²) < 4.78 is 5.62. The molecule has 6 heteroatoms. The summed E-state index contributed by atoms with van der Waals surface area (Å²) in [6.45, 7) is 5.17. The van der Waals surface area contributed by atoms with Gasteiger partial charge in [0.2, 0.25) is 5.91 Å². The van der Waals surface area contributed by atoms with E-state index in [4.69, 9.17) is 10.5 Å². The maximum Gasteiger partial charge on any atom is 0.260 e. The molecule has 0 aliphatic carbocycles. The predicted octanol–water partition coefficient (Wildman–Crippen LogP) is 2.01. The van der Waals surface area contributed by atoms with E-state index in [2.05, 4.69) is 32.0 Å². The van der Waals surface area contributed by atoms with Crippen LogP contribution in [0.5, 0.6) is 5.75 Å². The summed E-state index contributed by atoms with van der Waals surface area (Å²) in [5.74, 6) is -0.173. The number of nitrogens with zero attached hydrogens (tertiary/aromatic N) is 2. The molecule has 0 radical (unpaired) electrons. The van der Waals surface area contributed by atoms with E-state index in [-0.39, 0.29) is 19.0 Å². The van der Waals surface area contributed by atoms with Crippen LogP contribution >= 0.6 is 0 Å². The van der Waals surface area contributed by atoms with Crippen LogP contribution < -0.4 is 15.4 Å². The number of likely N-dealkylation sites (N-methyl/N-ethyl adjacent to an activating group) is 1. The zero-order valence-electron chi connectivity index (χ0n) is 15.9. The van der Waals surface area contributed by atoms with Crippen molar-refractivity contribution in [3.05, 3.63) is 59.2 Å². The van der Waals surface area contributed by atoms with Crippen molar-refractivity contribution < 1.29 is 14.3 Å². The lowest BCUT2D eigenvalue weighted by Gasteiger charge is -2.34. The van der Waals surface area contributed by atoms with Crippen LogP contribution in [0.2, 0.25) is 0 Å². The Morgan fingerprint density at radius 1 is 1.22 bits per heavy atom. The Balaban J connectivity index is 1.73. The van der Waals surface area contributed by atoms with E-state index in [0.29, 0.717) is 18.0 Å². The van der Waals surface area contributed by atoms with E-state index in [1.807, 2.05) is 24.1 Å². The number of hydrogen-bond acceptors (Lipinski definition) is 4. The van der Waals surface area contributed by atoms with Gasteiger partial charge in [-0.1, -0.05) is 35.9 Å². The van der Waals surface area contributed by atoms with Gasteiger partial charge in [-0.05, 0) is 44.2 Å². The lowest BCUT2D eigenvalue weighted by atomic mass is 10.1. The van der Waals surface area contributed by atoms with Crippen molar-refractivity contribution in [3.63, 3.8) is 0 Å². The molecule has 1 aliphatic rings. The van der Waals surface area contributed by atoms with Crippen LogP contribution in [0.3, 0.4) is 0 Å². The number of rotatable bonds is 5. The second kappa shape index (κ2) is 7.80. The van der Waals surface area contributed by atoms with Crippen LogP contribution in [0.25, 0.3) is 0 Å². The Kier molecular flexibility index (Phi) is 5.46. The topological polar surface area (TPSA) is 75.9 Å². The summed E-state index contributed by atoms with van der Waals surface area (Å²) in [5, 5.41) is 0. The second-order valence-corrected chi connectivity index (χ2v) is 7.08. The van der Waals surface area contributed by atoms with E-state index < -0.39 is 12.0 Å². The number of fused-ring (bicyclic) bond motifs is 1. The second-order valence-electron chi connectivity index (χ2n) is 7.08. The quantitative estimate of drug-likeness (QED) is 0.877. The molecular formula is C21H25N3O3. The van der Waals surface area contributed by atoms with Gasteiger partial charge in [0.25, 0.3) is 5.91 Å². The van der Waals surface area contributed by atoms with Crippen LogP contribution in [0.15, 0.2) is 42.5 Å².